The number of nitrogens with zero attached hydrogens (tertiary/aromatic N) is 2. The predicted octanol–water partition coefficient (Wildman–Crippen LogP) is 3.62. The molecule has 0 atom stereocenters. The smallest absolute Gasteiger partial charge is 0.293 e. The summed E-state index contributed by atoms with van der Waals surface area (Å²) in [6.45, 7) is 1.76. The highest BCUT2D eigenvalue weighted by molar-refractivity contribution is 8.18. The first kappa shape index (κ1) is 20.6. The lowest BCUT2D eigenvalue weighted by Gasteiger charge is -2.12. The number of amides is 3. The van der Waals surface area contributed by atoms with Crippen LogP contribution in [-0.2, 0) is 4.79 Å². The zero-order valence-electron chi connectivity index (χ0n) is 15.0. The molecule has 150 valence electrons. The summed E-state index contributed by atoms with van der Waals surface area (Å²) in [7, 11) is 0. The summed E-state index contributed by atoms with van der Waals surface area (Å²) < 4.78 is 5.08. The van der Waals surface area contributed by atoms with Gasteiger partial charge in [-0.05, 0) is 42.5 Å². The average molecular weight is 436 g/mol. The van der Waals surface area contributed by atoms with Crippen molar-refractivity contribution in [2.75, 3.05) is 13.1 Å². The summed E-state index contributed by atoms with van der Waals surface area (Å²) in [6, 6.07) is 5.73. The second-order valence-electron chi connectivity index (χ2n) is 5.99. The number of nitro groups is 1. The Morgan fingerprint density at radius 1 is 1.38 bits per heavy atom. The number of thioether (sulfide) groups is 1. The number of hydrogen-bond donors (Lipinski definition) is 1. The summed E-state index contributed by atoms with van der Waals surface area (Å²) in [5.74, 6) is -0.812. The molecule has 29 heavy (non-hydrogen) atoms. The van der Waals surface area contributed by atoms with Gasteiger partial charge in [-0.2, -0.15) is 0 Å². The van der Waals surface area contributed by atoms with Crippen LogP contribution in [0.3, 0.4) is 0 Å². The maximum absolute atomic E-state index is 12.5. The summed E-state index contributed by atoms with van der Waals surface area (Å²) in [4.78, 5) is 48.1. The van der Waals surface area contributed by atoms with Crippen LogP contribution in [0.15, 0.2) is 39.9 Å². The van der Waals surface area contributed by atoms with E-state index in [-0.39, 0.29) is 34.5 Å². The highest BCUT2D eigenvalue weighted by atomic mass is 35.5. The van der Waals surface area contributed by atoms with E-state index < -0.39 is 22.0 Å². The quantitative estimate of drug-likeness (QED) is 0.417. The van der Waals surface area contributed by atoms with E-state index in [0.29, 0.717) is 11.1 Å². The minimum atomic E-state index is -0.630. The Labute approximate surface area is 173 Å². The highest BCUT2D eigenvalue weighted by Gasteiger charge is 2.34. The molecule has 0 unspecified atom stereocenters. The molecule has 1 N–H and O–H groups in total. The lowest BCUT2D eigenvalue weighted by atomic mass is 10.2. The molecule has 0 aliphatic carbocycles. The third kappa shape index (κ3) is 4.49. The first-order valence-corrected chi connectivity index (χ1v) is 9.49. The maximum atomic E-state index is 12.5. The number of benzene rings is 1. The highest BCUT2D eigenvalue weighted by Crippen LogP contribution is 2.33. The molecule has 2 aromatic rings. The molecule has 0 spiro atoms. The largest absolute Gasteiger partial charge is 0.459 e. The van der Waals surface area contributed by atoms with Gasteiger partial charge in [0, 0.05) is 24.7 Å². The van der Waals surface area contributed by atoms with Crippen molar-refractivity contribution in [3.63, 3.8) is 0 Å². The Hall–Kier alpha value is -3.11. The molecule has 1 saturated heterocycles. The van der Waals surface area contributed by atoms with Gasteiger partial charge in [0.05, 0.1) is 16.1 Å². The normalized spacial score (nSPS) is 15.2. The van der Waals surface area contributed by atoms with Gasteiger partial charge in [0.2, 0.25) is 0 Å². The first-order chi connectivity index (χ1) is 13.8. The van der Waals surface area contributed by atoms with Crippen LogP contribution in [0.25, 0.3) is 6.08 Å². The third-order valence-electron chi connectivity index (χ3n) is 4.03. The SMILES string of the molecule is Cc1ccoc1C(=O)NCCN1C(=O)S/C(=C\c2ccc(Cl)c([N+](=O)[O-])c2)C1=O. The van der Waals surface area contributed by atoms with Gasteiger partial charge in [-0.15, -0.1) is 0 Å². The second kappa shape index (κ2) is 8.50. The molecule has 2 heterocycles. The molecular formula is C18H14ClN3O6S. The topological polar surface area (TPSA) is 123 Å². The van der Waals surface area contributed by atoms with Crippen molar-refractivity contribution in [1.29, 1.82) is 0 Å². The van der Waals surface area contributed by atoms with E-state index in [4.69, 9.17) is 16.0 Å². The van der Waals surface area contributed by atoms with Gasteiger partial charge in [-0.3, -0.25) is 29.4 Å². The van der Waals surface area contributed by atoms with E-state index in [1.807, 2.05) is 0 Å². The Kier molecular flexibility index (Phi) is 6.04. The van der Waals surface area contributed by atoms with Crippen LogP contribution >= 0.6 is 23.4 Å². The summed E-state index contributed by atoms with van der Waals surface area (Å²) in [5, 5.41) is 13.1. The fourth-order valence-electron chi connectivity index (χ4n) is 2.57. The molecule has 11 heteroatoms. The van der Waals surface area contributed by atoms with Gasteiger partial charge in [-0.1, -0.05) is 17.7 Å². The number of hydrogen-bond acceptors (Lipinski definition) is 7. The minimum Gasteiger partial charge on any atom is -0.459 e. The van der Waals surface area contributed by atoms with Crippen LogP contribution in [0.4, 0.5) is 10.5 Å². The van der Waals surface area contributed by atoms with E-state index in [1.54, 1.807) is 13.0 Å². The van der Waals surface area contributed by atoms with Crippen molar-refractivity contribution in [2.45, 2.75) is 6.92 Å². The number of carbonyl (C=O) groups excluding carboxylic acids is 3. The molecule has 1 aromatic carbocycles. The zero-order valence-corrected chi connectivity index (χ0v) is 16.6. The van der Waals surface area contributed by atoms with Crippen LogP contribution in [0, 0.1) is 17.0 Å². The van der Waals surface area contributed by atoms with Crippen LogP contribution < -0.4 is 5.32 Å². The van der Waals surface area contributed by atoms with Crippen molar-refractivity contribution in [3.8, 4) is 0 Å². The Bertz CT molecular complexity index is 1050. The van der Waals surface area contributed by atoms with Crippen molar-refractivity contribution in [3.05, 3.63) is 67.5 Å². The van der Waals surface area contributed by atoms with Crippen LogP contribution in [0.5, 0.6) is 0 Å². The maximum Gasteiger partial charge on any atom is 0.293 e. The van der Waals surface area contributed by atoms with Crippen molar-refractivity contribution in [2.24, 2.45) is 0 Å². The molecule has 0 bridgehead atoms. The Morgan fingerprint density at radius 3 is 2.79 bits per heavy atom. The van der Waals surface area contributed by atoms with Gasteiger partial charge in [0.1, 0.15) is 5.02 Å². The molecule has 1 fully saturated rings. The zero-order chi connectivity index (χ0) is 21.1. The van der Waals surface area contributed by atoms with Gasteiger partial charge >= 0.3 is 0 Å². The lowest BCUT2D eigenvalue weighted by molar-refractivity contribution is -0.384. The van der Waals surface area contributed by atoms with E-state index in [2.05, 4.69) is 5.32 Å². The number of imide groups is 1. The molecule has 3 amide bonds. The number of rotatable bonds is 6. The van der Waals surface area contributed by atoms with E-state index in [0.717, 1.165) is 16.7 Å². The molecule has 1 aliphatic rings. The molecule has 9 nitrogen and oxygen atoms in total. The molecular weight excluding hydrogens is 422 g/mol. The summed E-state index contributed by atoms with van der Waals surface area (Å²) in [6.07, 6.45) is 2.78. The third-order valence-corrected chi connectivity index (χ3v) is 5.25. The number of halogens is 1. The van der Waals surface area contributed by atoms with Crippen LogP contribution in [0.1, 0.15) is 21.7 Å². The van der Waals surface area contributed by atoms with Crippen LogP contribution in [-0.4, -0.2) is 40.0 Å². The Morgan fingerprint density at radius 2 is 2.14 bits per heavy atom. The number of aryl methyl sites for hydroxylation is 1. The second-order valence-corrected chi connectivity index (χ2v) is 7.39. The Balaban J connectivity index is 1.66. The summed E-state index contributed by atoms with van der Waals surface area (Å²) >= 11 is 6.49. The van der Waals surface area contributed by atoms with Crippen molar-refractivity contribution in [1.82, 2.24) is 10.2 Å². The fraction of sp³-hybridized carbons (Fsp3) is 0.167. The number of furan rings is 1. The number of carbonyl (C=O) groups is 3. The molecule has 0 saturated carbocycles. The number of nitrogens with one attached hydrogen (secondary N) is 1. The fourth-order valence-corrected chi connectivity index (χ4v) is 3.62. The molecule has 0 radical (unpaired) electrons. The summed E-state index contributed by atoms with van der Waals surface area (Å²) in [5.41, 5.74) is 0.748. The monoisotopic (exact) mass is 435 g/mol. The van der Waals surface area contributed by atoms with Gasteiger partial charge in [-0.25, -0.2) is 0 Å². The first-order valence-electron chi connectivity index (χ1n) is 8.29. The van der Waals surface area contributed by atoms with E-state index >= 15 is 0 Å². The van der Waals surface area contributed by atoms with E-state index in [1.165, 1.54) is 30.5 Å². The minimum absolute atomic E-state index is 0.0196. The molecule has 3 rings (SSSR count). The van der Waals surface area contributed by atoms with Crippen molar-refractivity contribution >= 4 is 52.2 Å². The lowest BCUT2D eigenvalue weighted by Crippen LogP contribution is -2.37. The van der Waals surface area contributed by atoms with E-state index in [9.17, 15) is 24.5 Å². The van der Waals surface area contributed by atoms with Gasteiger partial charge in [0.25, 0.3) is 22.7 Å². The van der Waals surface area contributed by atoms with Gasteiger partial charge < -0.3 is 9.73 Å². The van der Waals surface area contributed by atoms with Crippen LogP contribution in [0.2, 0.25) is 5.02 Å². The van der Waals surface area contributed by atoms with Crippen molar-refractivity contribution < 1.29 is 23.7 Å². The standard InChI is InChI=1S/C18H14ClN3O6S/c1-10-4-7-28-15(10)16(23)20-5-6-21-17(24)14(29-18(21)25)9-11-2-3-12(19)13(8-11)22(26)27/h2-4,7-9H,5-6H2,1H3,(H,20,23)/b14-9-. The predicted molar refractivity (Wildman–Crippen MR) is 107 cm³/mol. The molecule has 1 aliphatic heterocycles. The number of nitro benzene ring substituents is 1. The van der Waals surface area contributed by atoms with Gasteiger partial charge in [0.15, 0.2) is 5.76 Å². The molecule has 1 aromatic heterocycles. The average Bonchev–Trinajstić information content (AvgIpc) is 3.21.